The number of nitrogens with zero attached hydrogens (tertiary/aromatic N) is 2. The van der Waals surface area contributed by atoms with E-state index >= 15 is 0 Å². The molecule has 7 heteroatoms. The minimum absolute atomic E-state index is 0.0319. The third-order valence-corrected chi connectivity index (χ3v) is 4.53. The van der Waals surface area contributed by atoms with Crippen LogP contribution in [0.1, 0.15) is 64.8 Å². The maximum atomic E-state index is 12.6. The first kappa shape index (κ1) is 17.3. The molecule has 134 valence electrons. The van der Waals surface area contributed by atoms with Gasteiger partial charge in [0.05, 0.1) is 17.5 Å². The van der Waals surface area contributed by atoms with Crippen molar-refractivity contribution in [2.24, 2.45) is 0 Å². The quantitative estimate of drug-likeness (QED) is 0.920. The molecule has 1 aliphatic rings. The molecule has 0 saturated carbocycles. The van der Waals surface area contributed by atoms with Gasteiger partial charge < -0.3 is 19.2 Å². The summed E-state index contributed by atoms with van der Waals surface area (Å²) in [5.74, 6) is 0.525. The molecule has 1 aliphatic heterocycles. The number of likely N-dealkylation sites (tertiary alicyclic amines) is 1. The highest BCUT2D eigenvalue weighted by atomic mass is 16.5. The predicted molar refractivity (Wildman–Crippen MR) is 90.4 cm³/mol. The van der Waals surface area contributed by atoms with Crippen LogP contribution in [0.25, 0.3) is 0 Å². The van der Waals surface area contributed by atoms with Crippen molar-refractivity contribution in [1.82, 2.24) is 15.4 Å². The smallest absolute Gasteiger partial charge is 0.257 e. The summed E-state index contributed by atoms with van der Waals surface area (Å²) in [4.78, 5) is 26.7. The van der Waals surface area contributed by atoms with Crippen molar-refractivity contribution in [2.45, 2.75) is 45.6 Å². The van der Waals surface area contributed by atoms with Crippen molar-refractivity contribution in [3.8, 4) is 0 Å². The maximum Gasteiger partial charge on any atom is 0.257 e. The van der Waals surface area contributed by atoms with E-state index in [4.69, 9.17) is 8.94 Å². The third kappa shape index (κ3) is 3.60. The van der Waals surface area contributed by atoms with Crippen molar-refractivity contribution in [3.05, 3.63) is 41.2 Å². The van der Waals surface area contributed by atoms with Crippen molar-refractivity contribution >= 4 is 11.8 Å². The molecule has 25 heavy (non-hydrogen) atoms. The molecule has 0 aliphatic carbocycles. The molecular weight excluding hydrogens is 322 g/mol. The maximum absolute atomic E-state index is 12.6. The van der Waals surface area contributed by atoms with Crippen LogP contribution in [0.5, 0.6) is 0 Å². The summed E-state index contributed by atoms with van der Waals surface area (Å²) in [6.45, 7) is 6.92. The predicted octanol–water partition coefficient (Wildman–Crippen LogP) is 2.73. The molecular formula is C18H23N3O4. The zero-order valence-electron chi connectivity index (χ0n) is 14.7. The second kappa shape index (κ2) is 7.13. The molecule has 0 bridgehead atoms. The number of aryl methyl sites for hydroxylation is 1. The lowest BCUT2D eigenvalue weighted by Crippen LogP contribution is -2.46. The largest absolute Gasteiger partial charge is 0.472 e. The van der Waals surface area contributed by atoms with Gasteiger partial charge in [-0.15, -0.1) is 0 Å². The number of carbonyl (C=O) groups is 2. The third-order valence-electron chi connectivity index (χ3n) is 4.53. The molecule has 0 radical (unpaired) electrons. The van der Waals surface area contributed by atoms with Crippen molar-refractivity contribution < 1.29 is 18.5 Å². The number of amides is 2. The molecule has 0 spiro atoms. The Kier molecular flexibility index (Phi) is 4.92. The van der Waals surface area contributed by atoms with Crippen LogP contribution < -0.4 is 5.32 Å². The molecule has 2 aromatic rings. The van der Waals surface area contributed by atoms with Crippen LogP contribution in [0.3, 0.4) is 0 Å². The molecule has 1 saturated heterocycles. The van der Waals surface area contributed by atoms with E-state index in [1.807, 2.05) is 13.8 Å². The minimum atomic E-state index is -0.151. The van der Waals surface area contributed by atoms with Gasteiger partial charge in [0.15, 0.2) is 5.76 Å². The summed E-state index contributed by atoms with van der Waals surface area (Å²) in [6.07, 6.45) is 4.39. The van der Waals surface area contributed by atoms with Gasteiger partial charge in [0.1, 0.15) is 11.8 Å². The van der Waals surface area contributed by atoms with Gasteiger partial charge in [0.2, 0.25) is 0 Å². The summed E-state index contributed by atoms with van der Waals surface area (Å²) in [5.41, 5.74) is 1.70. The van der Waals surface area contributed by atoms with Gasteiger partial charge in [0, 0.05) is 25.0 Å². The van der Waals surface area contributed by atoms with E-state index < -0.39 is 0 Å². The molecule has 7 nitrogen and oxygen atoms in total. The van der Waals surface area contributed by atoms with Crippen LogP contribution in [-0.4, -0.2) is 41.0 Å². The zero-order chi connectivity index (χ0) is 18.0. The number of carbonyl (C=O) groups excluding carboxylic acids is 2. The highest BCUT2D eigenvalue weighted by Crippen LogP contribution is 2.23. The van der Waals surface area contributed by atoms with Crippen LogP contribution in [0.15, 0.2) is 27.5 Å². The Morgan fingerprint density at radius 1 is 1.32 bits per heavy atom. The number of hydrogen-bond acceptors (Lipinski definition) is 5. The lowest BCUT2D eigenvalue weighted by molar-refractivity contribution is 0.0697. The summed E-state index contributed by atoms with van der Waals surface area (Å²) < 4.78 is 10.2. The molecule has 1 fully saturated rings. The molecule has 0 atom stereocenters. The van der Waals surface area contributed by atoms with Gasteiger partial charge in [-0.25, -0.2) is 0 Å². The number of furan rings is 1. The van der Waals surface area contributed by atoms with Crippen LogP contribution >= 0.6 is 0 Å². The lowest BCUT2D eigenvalue weighted by atomic mass is 10.0. The van der Waals surface area contributed by atoms with Crippen LogP contribution in [0.2, 0.25) is 0 Å². The zero-order valence-corrected chi connectivity index (χ0v) is 14.7. The number of piperidine rings is 1. The summed E-state index contributed by atoms with van der Waals surface area (Å²) in [5, 5.41) is 6.97. The van der Waals surface area contributed by atoms with E-state index in [0.29, 0.717) is 35.7 Å². The van der Waals surface area contributed by atoms with Crippen molar-refractivity contribution in [1.29, 1.82) is 0 Å². The first-order valence-corrected chi connectivity index (χ1v) is 8.56. The second-order valence-corrected chi connectivity index (χ2v) is 6.71. The van der Waals surface area contributed by atoms with Crippen molar-refractivity contribution in [3.63, 3.8) is 0 Å². The average Bonchev–Trinajstić information content (AvgIpc) is 3.24. The van der Waals surface area contributed by atoms with Crippen LogP contribution in [0.4, 0.5) is 0 Å². The molecule has 3 heterocycles. The summed E-state index contributed by atoms with van der Waals surface area (Å²) in [6, 6.07) is 1.70. The van der Waals surface area contributed by atoms with Gasteiger partial charge in [-0.3, -0.25) is 9.59 Å². The monoisotopic (exact) mass is 345 g/mol. The first-order valence-electron chi connectivity index (χ1n) is 8.56. The average molecular weight is 345 g/mol. The lowest BCUT2D eigenvalue weighted by Gasteiger charge is -2.32. The van der Waals surface area contributed by atoms with Crippen LogP contribution in [-0.2, 0) is 0 Å². The molecule has 1 N–H and O–H groups in total. The van der Waals surface area contributed by atoms with E-state index in [1.165, 1.54) is 12.5 Å². The minimum Gasteiger partial charge on any atom is -0.472 e. The molecule has 3 rings (SSSR count). The standard InChI is InChI=1S/C18H23N3O4/c1-11(2)16-15(12(3)20-25-16)17(22)19-14-4-7-21(8-5-14)18(23)13-6-9-24-10-13/h6,9-11,14H,4-5,7-8H2,1-3H3,(H,19,22). The molecule has 2 amide bonds. The normalized spacial score (nSPS) is 15.6. The van der Waals surface area contributed by atoms with Crippen LogP contribution in [0, 0.1) is 6.92 Å². The Hall–Kier alpha value is -2.57. The van der Waals surface area contributed by atoms with E-state index in [2.05, 4.69) is 10.5 Å². The Labute approximate surface area is 146 Å². The first-order chi connectivity index (χ1) is 12.0. The fourth-order valence-electron chi connectivity index (χ4n) is 3.11. The molecule has 0 aromatic carbocycles. The number of hydrogen-bond donors (Lipinski definition) is 1. The fraction of sp³-hybridized carbons (Fsp3) is 0.500. The van der Waals surface area contributed by atoms with Crippen molar-refractivity contribution in [2.75, 3.05) is 13.1 Å². The van der Waals surface area contributed by atoms with Gasteiger partial charge in [-0.05, 0) is 25.8 Å². The Morgan fingerprint density at radius 3 is 2.64 bits per heavy atom. The van der Waals surface area contributed by atoms with E-state index in [9.17, 15) is 9.59 Å². The number of nitrogens with one attached hydrogen (secondary N) is 1. The van der Waals surface area contributed by atoms with Gasteiger partial charge in [-0.2, -0.15) is 0 Å². The Balaban J connectivity index is 1.58. The second-order valence-electron chi connectivity index (χ2n) is 6.71. The highest BCUT2D eigenvalue weighted by Gasteiger charge is 2.28. The SMILES string of the molecule is Cc1noc(C(C)C)c1C(=O)NC1CCN(C(=O)c2ccoc2)CC1. The summed E-state index contributed by atoms with van der Waals surface area (Å²) >= 11 is 0. The number of rotatable bonds is 4. The highest BCUT2D eigenvalue weighted by molar-refractivity contribution is 5.96. The van der Waals surface area contributed by atoms with Gasteiger partial charge >= 0.3 is 0 Å². The van der Waals surface area contributed by atoms with E-state index in [1.54, 1.807) is 17.9 Å². The van der Waals surface area contributed by atoms with E-state index in [0.717, 1.165) is 12.8 Å². The topological polar surface area (TPSA) is 88.6 Å². The Bertz CT molecular complexity index is 740. The van der Waals surface area contributed by atoms with Gasteiger partial charge in [0.25, 0.3) is 11.8 Å². The molecule has 0 unspecified atom stereocenters. The number of aromatic nitrogens is 1. The van der Waals surface area contributed by atoms with Gasteiger partial charge in [-0.1, -0.05) is 19.0 Å². The summed E-state index contributed by atoms with van der Waals surface area (Å²) in [7, 11) is 0. The Morgan fingerprint density at radius 2 is 2.04 bits per heavy atom. The fourth-order valence-corrected chi connectivity index (χ4v) is 3.11. The van der Waals surface area contributed by atoms with E-state index in [-0.39, 0.29) is 23.8 Å². The molecule has 2 aromatic heterocycles.